The van der Waals surface area contributed by atoms with Gasteiger partial charge in [-0.1, -0.05) is 12.1 Å². The fourth-order valence-corrected chi connectivity index (χ4v) is 2.49. The van der Waals surface area contributed by atoms with Crippen LogP contribution in [0.4, 0.5) is 0 Å². The van der Waals surface area contributed by atoms with E-state index >= 15 is 0 Å². The average Bonchev–Trinajstić information content (AvgIpc) is 3.20. The van der Waals surface area contributed by atoms with Gasteiger partial charge in [0.05, 0.1) is 19.9 Å². The molecule has 2 heterocycles. The van der Waals surface area contributed by atoms with Gasteiger partial charge >= 0.3 is 0 Å². The van der Waals surface area contributed by atoms with Gasteiger partial charge in [0.15, 0.2) is 11.5 Å². The predicted octanol–water partition coefficient (Wildman–Crippen LogP) is 3.42. The molecule has 0 aliphatic heterocycles. The van der Waals surface area contributed by atoms with Gasteiger partial charge in [-0.15, -0.1) is 0 Å². The van der Waals surface area contributed by atoms with Gasteiger partial charge in [0.1, 0.15) is 23.5 Å². The molecule has 6 nitrogen and oxygen atoms in total. The summed E-state index contributed by atoms with van der Waals surface area (Å²) in [5, 5.41) is 4.09. The smallest absolute Gasteiger partial charge is 0.162 e. The van der Waals surface area contributed by atoms with Crippen LogP contribution >= 0.6 is 0 Å². The van der Waals surface area contributed by atoms with Crippen LogP contribution in [0.15, 0.2) is 35.1 Å². The molecule has 3 rings (SSSR count). The standard InChI is InChI=1S/C17H19N3O3/c1-5-13-9-14(19-23-13)17-11(2)20(10-18-17)12-6-7-15(21-3)16(8-12)22-4/h6-10H,5H2,1-4H3. The first kappa shape index (κ1) is 15.1. The summed E-state index contributed by atoms with van der Waals surface area (Å²) in [7, 11) is 3.24. The van der Waals surface area contributed by atoms with Gasteiger partial charge in [0, 0.05) is 24.2 Å². The average molecular weight is 313 g/mol. The molecule has 0 atom stereocenters. The predicted molar refractivity (Wildman–Crippen MR) is 86.3 cm³/mol. The topological polar surface area (TPSA) is 62.3 Å². The maximum Gasteiger partial charge on any atom is 0.162 e. The van der Waals surface area contributed by atoms with Crippen LogP contribution in [-0.4, -0.2) is 28.9 Å². The molecule has 3 aromatic rings. The van der Waals surface area contributed by atoms with Crippen LogP contribution in [0.3, 0.4) is 0 Å². The maximum absolute atomic E-state index is 5.36. The highest BCUT2D eigenvalue weighted by Crippen LogP contribution is 2.31. The molecule has 0 saturated carbocycles. The van der Waals surface area contributed by atoms with Crippen LogP contribution in [0, 0.1) is 6.92 Å². The summed E-state index contributed by atoms with van der Waals surface area (Å²) >= 11 is 0. The van der Waals surface area contributed by atoms with E-state index in [-0.39, 0.29) is 0 Å². The summed E-state index contributed by atoms with van der Waals surface area (Å²) < 4.78 is 17.9. The van der Waals surface area contributed by atoms with Crippen molar-refractivity contribution >= 4 is 0 Å². The molecule has 0 bridgehead atoms. The highest BCUT2D eigenvalue weighted by atomic mass is 16.5. The number of hydrogen-bond acceptors (Lipinski definition) is 5. The summed E-state index contributed by atoms with van der Waals surface area (Å²) in [6.07, 6.45) is 2.58. The van der Waals surface area contributed by atoms with Gasteiger partial charge in [-0.3, -0.25) is 0 Å². The molecular formula is C17H19N3O3. The Kier molecular flexibility index (Phi) is 4.06. The Morgan fingerprint density at radius 3 is 2.57 bits per heavy atom. The molecule has 0 aliphatic rings. The molecule has 0 amide bonds. The maximum atomic E-state index is 5.36. The second-order valence-corrected chi connectivity index (χ2v) is 5.12. The Balaban J connectivity index is 2.02. The fourth-order valence-electron chi connectivity index (χ4n) is 2.49. The van der Waals surface area contributed by atoms with Crippen molar-refractivity contribution in [3.8, 4) is 28.6 Å². The van der Waals surface area contributed by atoms with Gasteiger partial charge in [0.25, 0.3) is 0 Å². The monoisotopic (exact) mass is 313 g/mol. The Hall–Kier alpha value is -2.76. The molecular weight excluding hydrogens is 294 g/mol. The molecule has 23 heavy (non-hydrogen) atoms. The quantitative estimate of drug-likeness (QED) is 0.722. The van der Waals surface area contributed by atoms with E-state index in [1.807, 2.05) is 42.7 Å². The number of methoxy groups -OCH3 is 2. The lowest BCUT2D eigenvalue weighted by Gasteiger charge is -2.11. The van der Waals surface area contributed by atoms with Crippen molar-refractivity contribution in [3.63, 3.8) is 0 Å². The van der Waals surface area contributed by atoms with Crippen LogP contribution in [0.25, 0.3) is 17.1 Å². The van der Waals surface area contributed by atoms with E-state index in [9.17, 15) is 0 Å². The fraction of sp³-hybridized carbons (Fsp3) is 0.294. The minimum absolute atomic E-state index is 0.675. The third kappa shape index (κ3) is 2.67. The lowest BCUT2D eigenvalue weighted by Crippen LogP contribution is -1.98. The van der Waals surface area contributed by atoms with Crippen molar-refractivity contribution in [3.05, 3.63) is 42.0 Å². The molecule has 0 unspecified atom stereocenters. The zero-order valence-electron chi connectivity index (χ0n) is 13.7. The Morgan fingerprint density at radius 1 is 1.13 bits per heavy atom. The molecule has 1 aromatic carbocycles. The normalized spacial score (nSPS) is 10.8. The number of rotatable bonds is 5. The zero-order chi connectivity index (χ0) is 16.4. The van der Waals surface area contributed by atoms with E-state index in [0.717, 1.165) is 35.0 Å². The minimum Gasteiger partial charge on any atom is -0.493 e. The van der Waals surface area contributed by atoms with Crippen LogP contribution in [-0.2, 0) is 6.42 Å². The third-order valence-corrected chi connectivity index (χ3v) is 3.80. The number of benzene rings is 1. The summed E-state index contributed by atoms with van der Waals surface area (Å²) in [6.45, 7) is 4.03. The molecule has 0 radical (unpaired) electrons. The van der Waals surface area contributed by atoms with E-state index < -0.39 is 0 Å². The molecule has 0 aliphatic carbocycles. The number of aromatic nitrogens is 3. The molecule has 0 saturated heterocycles. The first-order chi connectivity index (χ1) is 11.2. The van der Waals surface area contributed by atoms with Gasteiger partial charge in [-0.2, -0.15) is 0 Å². The second kappa shape index (κ2) is 6.16. The number of imidazole rings is 1. The van der Waals surface area contributed by atoms with Gasteiger partial charge in [-0.05, 0) is 19.1 Å². The van der Waals surface area contributed by atoms with Crippen molar-refractivity contribution in [2.24, 2.45) is 0 Å². The van der Waals surface area contributed by atoms with Crippen LogP contribution < -0.4 is 9.47 Å². The number of nitrogens with zero attached hydrogens (tertiary/aromatic N) is 3. The number of aryl methyl sites for hydroxylation is 1. The largest absolute Gasteiger partial charge is 0.493 e. The Labute approximate surface area is 134 Å². The molecule has 2 aromatic heterocycles. The molecule has 0 spiro atoms. The molecule has 120 valence electrons. The van der Waals surface area contributed by atoms with Crippen molar-refractivity contribution in [1.82, 2.24) is 14.7 Å². The van der Waals surface area contributed by atoms with E-state index in [4.69, 9.17) is 14.0 Å². The van der Waals surface area contributed by atoms with Crippen molar-refractivity contribution in [2.45, 2.75) is 20.3 Å². The summed E-state index contributed by atoms with van der Waals surface area (Å²) in [4.78, 5) is 4.48. The molecule has 6 heteroatoms. The first-order valence-corrected chi connectivity index (χ1v) is 7.40. The molecule has 0 fully saturated rings. The summed E-state index contributed by atoms with van der Waals surface area (Å²) in [5.74, 6) is 2.22. The van der Waals surface area contributed by atoms with E-state index in [0.29, 0.717) is 11.5 Å². The van der Waals surface area contributed by atoms with Crippen molar-refractivity contribution < 1.29 is 14.0 Å². The molecule has 0 N–H and O–H groups in total. The lowest BCUT2D eigenvalue weighted by atomic mass is 10.2. The number of hydrogen-bond donors (Lipinski definition) is 0. The SMILES string of the molecule is CCc1cc(-c2ncn(-c3ccc(OC)c(OC)c3)c2C)no1. The summed E-state index contributed by atoms with van der Waals surface area (Å²) in [5.41, 5.74) is 3.48. The Bertz CT molecular complexity index is 820. The van der Waals surface area contributed by atoms with Gasteiger partial charge in [0.2, 0.25) is 0 Å². The van der Waals surface area contributed by atoms with Crippen LogP contribution in [0.1, 0.15) is 18.4 Å². The van der Waals surface area contributed by atoms with Crippen molar-refractivity contribution in [2.75, 3.05) is 14.2 Å². The number of ether oxygens (including phenoxy) is 2. The van der Waals surface area contributed by atoms with E-state index in [1.54, 1.807) is 20.5 Å². The highest BCUT2D eigenvalue weighted by molar-refractivity contribution is 5.59. The van der Waals surface area contributed by atoms with Gasteiger partial charge < -0.3 is 18.6 Å². The van der Waals surface area contributed by atoms with Crippen LogP contribution in [0.2, 0.25) is 0 Å². The first-order valence-electron chi connectivity index (χ1n) is 7.40. The van der Waals surface area contributed by atoms with E-state index in [2.05, 4.69) is 10.1 Å². The minimum atomic E-state index is 0.675. The zero-order valence-corrected chi connectivity index (χ0v) is 13.7. The Morgan fingerprint density at radius 2 is 1.91 bits per heavy atom. The van der Waals surface area contributed by atoms with Gasteiger partial charge in [-0.25, -0.2) is 4.98 Å². The lowest BCUT2D eigenvalue weighted by molar-refractivity contribution is 0.355. The van der Waals surface area contributed by atoms with E-state index in [1.165, 1.54) is 0 Å². The van der Waals surface area contributed by atoms with Crippen LogP contribution in [0.5, 0.6) is 11.5 Å². The third-order valence-electron chi connectivity index (χ3n) is 3.80. The summed E-state index contributed by atoms with van der Waals surface area (Å²) in [6, 6.07) is 7.67. The highest BCUT2D eigenvalue weighted by Gasteiger charge is 2.15. The second-order valence-electron chi connectivity index (χ2n) is 5.12. The van der Waals surface area contributed by atoms with Crippen molar-refractivity contribution in [1.29, 1.82) is 0 Å².